The zero-order chi connectivity index (χ0) is 16.7. The van der Waals surface area contributed by atoms with Crippen LogP contribution in [0.15, 0.2) is 48.5 Å². The number of hydrogen-bond acceptors (Lipinski definition) is 4. The van der Waals surface area contributed by atoms with Gasteiger partial charge in [-0.2, -0.15) is 5.10 Å². The molecule has 0 aliphatic carbocycles. The van der Waals surface area contributed by atoms with Crippen LogP contribution in [-0.4, -0.2) is 20.4 Å². The van der Waals surface area contributed by atoms with Crippen molar-refractivity contribution in [3.05, 3.63) is 60.2 Å². The highest BCUT2D eigenvalue weighted by molar-refractivity contribution is 6.04. The van der Waals surface area contributed by atoms with Crippen LogP contribution in [0.4, 0.5) is 14.6 Å². The fraction of sp³-hybridized carbons (Fsp3) is 0. The van der Waals surface area contributed by atoms with E-state index >= 15 is 0 Å². The maximum Gasteiger partial charge on any atom is 0.180 e. The minimum absolute atomic E-state index is 0.106. The van der Waals surface area contributed by atoms with E-state index in [0.29, 0.717) is 16.6 Å². The number of rotatable bonds is 2. The van der Waals surface area contributed by atoms with Crippen molar-refractivity contribution < 1.29 is 8.78 Å². The van der Waals surface area contributed by atoms with Gasteiger partial charge < -0.3 is 5.73 Å². The van der Waals surface area contributed by atoms with Crippen LogP contribution in [0.3, 0.4) is 0 Å². The molecule has 0 unspecified atom stereocenters. The van der Waals surface area contributed by atoms with Gasteiger partial charge in [0.05, 0.1) is 10.9 Å². The number of aromatic nitrogens is 4. The minimum Gasteiger partial charge on any atom is -0.382 e. The maximum absolute atomic E-state index is 14.4. The van der Waals surface area contributed by atoms with Crippen molar-refractivity contribution in [2.75, 3.05) is 5.73 Å². The molecule has 4 rings (SSSR count). The molecule has 7 heteroatoms. The van der Waals surface area contributed by atoms with Crippen LogP contribution in [0.1, 0.15) is 0 Å². The topological polar surface area (TPSA) is 80.5 Å². The van der Waals surface area contributed by atoms with E-state index in [9.17, 15) is 8.78 Å². The lowest BCUT2D eigenvalue weighted by molar-refractivity contribution is 0.590. The Morgan fingerprint density at radius 1 is 0.833 bits per heavy atom. The van der Waals surface area contributed by atoms with Crippen LogP contribution in [-0.2, 0) is 0 Å². The molecule has 2 aromatic carbocycles. The van der Waals surface area contributed by atoms with Crippen LogP contribution in [0, 0.1) is 11.6 Å². The van der Waals surface area contributed by atoms with E-state index in [1.54, 1.807) is 24.3 Å². The van der Waals surface area contributed by atoms with Gasteiger partial charge in [-0.15, -0.1) is 10.2 Å². The maximum atomic E-state index is 14.4. The number of anilines is 1. The van der Waals surface area contributed by atoms with Gasteiger partial charge >= 0.3 is 0 Å². The molecule has 2 aromatic heterocycles. The number of benzene rings is 2. The van der Waals surface area contributed by atoms with Crippen molar-refractivity contribution in [3.63, 3.8) is 0 Å². The molecule has 118 valence electrons. The van der Waals surface area contributed by atoms with Gasteiger partial charge in [0.1, 0.15) is 17.3 Å². The predicted octanol–water partition coefficient (Wildman–Crippen LogP) is 3.55. The number of fused-ring (bicyclic) bond motifs is 1. The third-order valence-corrected chi connectivity index (χ3v) is 3.77. The number of hydrogen-bond donors (Lipinski definition) is 2. The molecule has 0 aliphatic heterocycles. The standard InChI is InChI=1S/C17H11F2N5/c18-10-7-4-8-11(19)12(10)13-14-16(20)22-24-17(14)23-21-15(13)9-5-2-1-3-6-9/h1-8H,(H3,20,22,23,24). The van der Waals surface area contributed by atoms with Gasteiger partial charge in [0.2, 0.25) is 0 Å². The SMILES string of the molecule is Nc1n[nH]c2nnc(-c3ccccc3)c(-c3c(F)cccc3F)c12. The third-order valence-electron chi connectivity index (χ3n) is 3.77. The lowest BCUT2D eigenvalue weighted by atomic mass is 9.96. The smallest absolute Gasteiger partial charge is 0.180 e. The zero-order valence-electron chi connectivity index (χ0n) is 12.3. The molecular weight excluding hydrogens is 312 g/mol. The summed E-state index contributed by atoms with van der Waals surface area (Å²) in [5, 5.41) is 15.0. The average molecular weight is 323 g/mol. The molecule has 0 atom stereocenters. The second-order valence-corrected chi connectivity index (χ2v) is 5.22. The summed E-state index contributed by atoms with van der Waals surface area (Å²) in [5.74, 6) is -1.31. The number of nitrogen functional groups attached to an aromatic ring is 1. The molecule has 5 nitrogen and oxygen atoms in total. The average Bonchev–Trinajstić information content (AvgIpc) is 2.97. The molecule has 0 aliphatic rings. The fourth-order valence-corrected chi connectivity index (χ4v) is 2.71. The molecule has 4 aromatic rings. The van der Waals surface area contributed by atoms with Crippen LogP contribution >= 0.6 is 0 Å². The minimum atomic E-state index is -0.706. The molecule has 0 saturated carbocycles. The van der Waals surface area contributed by atoms with Gasteiger partial charge in [-0.25, -0.2) is 8.78 Å². The Kier molecular flexibility index (Phi) is 3.19. The van der Waals surface area contributed by atoms with Crippen LogP contribution < -0.4 is 5.73 Å². The number of nitrogens with two attached hydrogens (primary N) is 1. The lowest BCUT2D eigenvalue weighted by Crippen LogP contribution is -1.99. The fourth-order valence-electron chi connectivity index (χ4n) is 2.71. The Labute approximate surface area is 135 Å². The Morgan fingerprint density at radius 3 is 2.25 bits per heavy atom. The van der Waals surface area contributed by atoms with Crippen LogP contribution in [0.2, 0.25) is 0 Å². The molecule has 3 N–H and O–H groups in total. The second kappa shape index (κ2) is 5.38. The first-order valence-corrected chi connectivity index (χ1v) is 7.17. The van der Waals surface area contributed by atoms with Crippen LogP contribution in [0.5, 0.6) is 0 Å². The summed E-state index contributed by atoms with van der Waals surface area (Å²) in [6.07, 6.45) is 0. The van der Waals surface area contributed by atoms with E-state index in [1.165, 1.54) is 18.2 Å². The van der Waals surface area contributed by atoms with Crippen molar-refractivity contribution in [1.29, 1.82) is 0 Å². The monoisotopic (exact) mass is 323 g/mol. The summed E-state index contributed by atoms with van der Waals surface area (Å²) in [6, 6.07) is 12.7. The van der Waals surface area contributed by atoms with E-state index in [1.807, 2.05) is 6.07 Å². The molecule has 0 radical (unpaired) electrons. The molecule has 0 fully saturated rings. The van der Waals surface area contributed by atoms with Crippen molar-refractivity contribution >= 4 is 16.9 Å². The predicted molar refractivity (Wildman–Crippen MR) is 86.9 cm³/mol. The van der Waals surface area contributed by atoms with Crippen molar-refractivity contribution in [2.24, 2.45) is 0 Å². The zero-order valence-corrected chi connectivity index (χ0v) is 12.3. The Balaban J connectivity index is 2.17. The van der Waals surface area contributed by atoms with Crippen molar-refractivity contribution in [1.82, 2.24) is 20.4 Å². The van der Waals surface area contributed by atoms with Gasteiger partial charge in [0, 0.05) is 11.1 Å². The van der Waals surface area contributed by atoms with Gasteiger partial charge in [0.15, 0.2) is 11.5 Å². The van der Waals surface area contributed by atoms with E-state index in [4.69, 9.17) is 5.73 Å². The molecule has 0 bridgehead atoms. The number of halogens is 2. The van der Waals surface area contributed by atoms with E-state index in [-0.39, 0.29) is 22.6 Å². The number of nitrogens with zero attached hydrogens (tertiary/aromatic N) is 3. The molecule has 0 amide bonds. The highest BCUT2D eigenvalue weighted by Gasteiger charge is 2.23. The van der Waals surface area contributed by atoms with E-state index in [2.05, 4.69) is 20.4 Å². The first-order valence-electron chi connectivity index (χ1n) is 7.17. The lowest BCUT2D eigenvalue weighted by Gasteiger charge is -2.11. The largest absolute Gasteiger partial charge is 0.382 e. The highest BCUT2D eigenvalue weighted by Crippen LogP contribution is 2.39. The molecular formula is C17H11F2N5. The Hall–Kier alpha value is -3.35. The molecule has 0 spiro atoms. The first-order chi connectivity index (χ1) is 11.7. The molecule has 0 saturated heterocycles. The summed E-state index contributed by atoms with van der Waals surface area (Å²) >= 11 is 0. The highest BCUT2D eigenvalue weighted by atomic mass is 19.1. The first kappa shape index (κ1) is 14.3. The molecule has 2 heterocycles. The summed E-state index contributed by atoms with van der Waals surface area (Å²) < 4.78 is 28.9. The van der Waals surface area contributed by atoms with E-state index in [0.717, 1.165) is 0 Å². The number of aromatic amines is 1. The summed E-state index contributed by atoms with van der Waals surface area (Å²) in [7, 11) is 0. The van der Waals surface area contributed by atoms with Gasteiger partial charge in [-0.05, 0) is 12.1 Å². The number of nitrogens with one attached hydrogen (secondary N) is 1. The Morgan fingerprint density at radius 2 is 1.54 bits per heavy atom. The summed E-state index contributed by atoms with van der Waals surface area (Å²) in [5.41, 5.74) is 7.21. The van der Waals surface area contributed by atoms with Gasteiger partial charge in [0.25, 0.3) is 0 Å². The molecule has 24 heavy (non-hydrogen) atoms. The quantitative estimate of drug-likeness (QED) is 0.591. The van der Waals surface area contributed by atoms with Crippen molar-refractivity contribution in [2.45, 2.75) is 0 Å². The van der Waals surface area contributed by atoms with Crippen LogP contribution in [0.25, 0.3) is 33.4 Å². The van der Waals surface area contributed by atoms with Gasteiger partial charge in [-0.1, -0.05) is 36.4 Å². The Bertz CT molecular complexity index is 1020. The normalized spacial score (nSPS) is 11.1. The number of H-pyrrole nitrogens is 1. The van der Waals surface area contributed by atoms with Crippen molar-refractivity contribution in [3.8, 4) is 22.4 Å². The second-order valence-electron chi connectivity index (χ2n) is 5.22. The third kappa shape index (κ3) is 2.10. The van der Waals surface area contributed by atoms with E-state index < -0.39 is 11.6 Å². The van der Waals surface area contributed by atoms with Gasteiger partial charge in [-0.3, -0.25) is 5.10 Å². The summed E-state index contributed by atoms with van der Waals surface area (Å²) in [4.78, 5) is 0. The summed E-state index contributed by atoms with van der Waals surface area (Å²) in [6.45, 7) is 0.